The largest absolute Gasteiger partial charge is 0.348 e. The third kappa shape index (κ3) is 4.01. The molecule has 1 aliphatic heterocycles. The summed E-state index contributed by atoms with van der Waals surface area (Å²) in [7, 11) is 0. The molecule has 1 N–H and O–H groups in total. The predicted molar refractivity (Wildman–Crippen MR) is 109 cm³/mol. The van der Waals surface area contributed by atoms with E-state index in [0.29, 0.717) is 38.6 Å². The second kappa shape index (κ2) is 8.15. The van der Waals surface area contributed by atoms with Crippen LogP contribution in [0.3, 0.4) is 0 Å². The van der Waals surface area contributed by atoms with Crippen molar-refractivity contribution in [2.75, 3.05) is 11.4 Å². The first-order valence-electron chi connectivity index (χ1n) is 10.1. The highest BCUT2D eigenvalue weighted by Gasteiger charge is 2.49. The number of pyridine rings is 1. The molecule has 2 amide bonds. The summed E-state index contributed by atoms with van der Waals surface area (Å²) in [6.45, 7) is 1.87. The third-order valence-corrected chi connectivity index (χ3v) is 6.63. The quantitative estimate of drug-likeness (QED) is 0.696. The number of carbonyl (C=O) groups excluding carboxylic acids is 2. The summed E-state index contributed by atoms with van der Waals surface area (Å²) in [5, 5.41) is 2.90. The molecule has 1 aliphatic carbocycles. The molecule has 9 heteroatoms. The van der Waals surface area contributed by atoms with Crippen LogP contribution in [0, 0.1) is 29.8 Å². The first-order valence-corrected chi connectivity index (χ1v) is 10.5. The SMILES string of the molecule is Cc1nc(C(=O)NC2CCC3(CC2)CCN(c2cc(F)c(F)cc2Cl)C3=O)ccc1F. The minimum atomic E-state index is -1.06. The molecule has 2 aliphatic rings. The molecule has 1 spiro atoms. The highest BCUT2D eigenvalue weighted by molar-refractivity contribution is 6.34. The van der Waals surface area contributed by atoms with E-state index in [-0.39, 0.29) is 40.0 Å². The predicted octanol–water partition coefficient (Wildman–Crippen LogP) is 4.56. The number of carbonyl (C=O) groups is 2. The molecule has 164 valence electrons. The highest BCUT2D eigenvalue weighted by Crippen LogP contribution is 2.47. The minimum absolute atomic E-state index is 0.00709. The molecule has 0 unspecified atom stereocenters. The van der Waals surface area contributed by atoms with Gasteiger partial charge in [0, 0.05) is 18.7 Å². The van der Waals surface area contributed by atoms with Crippen molar-refractivity contribution in [2.24, 2.45) is 5.41 Å². The number of anilines is 1. The zero-order valence-corrected chi connectivity index (χ0v) is 17.6. The fourth-order valence-electron chi connectivity index (χ4n) is 4.48. The Morgan fingerprint density at radius 3 is 2.48 bits per heavy atom. The van der Waals surface area contributed by atoms with Crippen molar-refractivity contribution < 1.29 is 22.8 Å². The fraction of sp³-hybridized carbons (Fsp3) is 0.409. The number of nitrogens with one attached hydrogen (secondary N) is 1. The molecular weight excluding hydrogens is 431 g/mol. The van der Waals surface area contributed by atoms with Gasteiger partial charge >= 0.3 is 0 Å². The van der Waals surface area contributed by atoms with Gasteiger partial charge in [-0.1, -0.05) is 11.6 Å². The van der Waals surface area contributed by atoms with Crippen LogP contribution in [0.25, 0.3) is 0 Å². The Labute approximate surface area is 182 Å². The summed E-state index contributed by atoms with van der Waals surface area (Å²) in [4.78, 5) is 31.0. The van der Waals surface area contributed by atoms with Gasteiger partial charge in [-0.2, -0.15) is 0 Å². The number of aryl methyl sites for hydroxylation is 1. The maximum Gasteiger partial charge on any atom is 0.270 e. The second-order valence-electron chi connectivity index (χ2n) is 8.22. The molecule has 0 radical (unpaired) electrons. The van der Waals surface area contributed by atoms with Crippen molar-refractivity contribution in [3.05, 3.63) is 58.1 Å². The molecule has 2 heterocycles. The van der Waals surface area contributed by atoms with Gasteiger partial charge in [0.05, 0.1) is 21.8 Å². The summed E-state index contributed by atoms with van der Waals surface area (Å²) in [6, 6.07) is 4.26. The monoisotopic (exact) mass is 451 g/mol. The van der Waals surface area contributed by atoms with Crippen LogP contribution in [-0.4, -0.2) is 29.4 Å². The maximum atomic E-state index is 13.7. The van der Waals surface area contributed by atoms with Crippen molar-refractivity contribution in [3.8, 4) is 0 Å². The van der Waals surface area contributed by atoms with Crippen LogP contribution in [0.4, 0.5) is 18.9 Å². The maximum absolute atomic E-state index is 13.7. The van der Waals surface area contributed by atoms with Crippen LogP contribution in [0.15, 0.2) is 24.3 Å². The second-order valence-corrected chi connectivity index (χ2v) is 8.62. The zero-order valence-electron chi connectivity index (χ0n) is 16.9. The molecule has 4 rings (SSSR count). The molecule has 31 heavy (non-hydrogen) atoms. The standard InChI is InChI=1S/C22H21ClF3N3O2/c1-12-15(24)2-3-18(27-12)20(30)28-13-4-6-22(7-5-13)8-9-29(21(22)31)19-11-17(26)16(25)10-14(19)23/h2-3,10-11,13H,4-9H2,1H3,(H,28,30). The molecule has 5 nitrogen and oxygen atoms in total. The molecule has 2 fully saturated rings. The molecular formula is C22H21ClF3N3O2. The number of nitrogens with zero attached hydrogens (tertiary/aromatic N) is 2. The Balaban J connectivity index is 1.41. The summed E-state index contributed by atoms with van der Waals surface area (Å²) >= 11 is 6.06. The van der Waals surface area contributed by atoms with Crippen molar-refractivity contribution in [2.45, 2.75) is 45.1 Å². The summed E-state index contributed by atoms with van der Waals surface area (Å²) in [5.74, 6) is -3.11. The number of hydrogen-bond donors (Lipinski definition) is 1. The first-order chi connectivity index (χ1) is 14.7. The van der Waals surface area contributed by atoms with Crippen molar-refractivity contribution in [1.29, 1.82) is 0 Å². The highest BCUT2D eigenvalue weighted by atomic mass is 35.5. The van der Waals surface area contributed by atoms with Crippen molar-refractivity contribution >= 4 is 29.1 Å². The van der Waals surface area contributed by atoms with E-state index in [0.717, 1.165) is 12.1 Å². The van der Waals surface area contributed by atoms with E-state index in [1.54, 1.807) is 0 Å². The number of aromatic nitrogens is 1. The van der Waals surface area contributed by atoms with Crippen molar-refractivity contribution in [3.63, 3.8) is 0 Å². The fourth-order valence-corrected chi connectivity index (χ4v) is 4.73. The lowest BCUT2D eigenvalue weighted by Gasteiger charge is -2.36. The summed E-state index contributed by atoms with van der Waals surface area (Å²) in [6.07, 6.45) is 2.89. The minimum Gasteiger partial charge on any atom is -0.348 e. The van der Waals surface area contributed by atoms with Crippen LogP contribution >= 0.6 is 11.6 Å². The molecule has 1 saturated heterocycles. The van der Waals surface area contributed by atoms with E-state index in [9.17, 15) is 22.8 Å². The van der Waals surface area contributed by atoms with Gasteiger partial charge in [0.1, 0.15) is 11.5 Å². The van der Waals surface area contributed by atoms with Gasteiger partial charge in [-0.15, -0.1) is 0 Å². The van der Waals surface area contributed by atoms with E-state index in [1.807, 2.05) is 0 Å². The lowest BCUT2D eigenvalue weighted by Crippen LogP contribution is -2.44. The average molecular weight is 452 g/mol. The van der Waals surface area contributed by atoms with E-state index in [1.165, 1.54) is 24.0 Å². The lowest BCUT2D eigenvalue weighted by atomic mass is 9.71. The Kier molecular flexibility index (Phi) is 5.68. The molecule has 1 aromatic carbocycles. The van der Waals surface area contributed by atoms with Crippen LogP contribution in [0.1, 0.15) is 48.3 Å². The number of halogens is 4. The van der Waals surface area contributed by atoms with Gasteiger partial charge in [-0.25, -0.2) is 18.2 Å². The van der Waals surface area contributed by atoms with Gasteiger partial charge in [0.25, 0.3) is 5.91 Å². The smallest absolute Gasteiger partial charge is 0.270 e. The lowest BCUT2D eigenvalue weighted by molar-refractivity contribution is -0.127. The van der Waals surface area contributed by atoms with E-state index < -0.39 is 22.9 Å². The van der Waals surface area contributed by atoms with Gasteiger partial charge in [-0.05, 0) is 57.2 Å². The number of amides is 2. The Morgan fingerprint density at radius 2 is 1.81 bits per heavy atom. The number of rotatable bonds is 3. The van der Waals surface area contributed by atoms with Crippen molar-refractivity contribution in [1.82, 2.24) is 10.3 Å². The Morgan fingerprint density at radius 1 is 1.13 bits per heavy atom. The topological polar surface area (TPSA) is 62.3 Å². The normalized spacial score (nSPS) is 23.5. The third-order valence-electron chi connectivity index (χ3n) is 6.33. The van der Waals surface area contributed by atoms with Crippen LogP contribution in [0.5, 0.6) is 0 Å². The molecule has 1 aromatic heterocycles. The molecule has 2 aromatic rings. The average Bonchev–Trinajstić information content (AvgIpc) is 3.04. The summed E-state index contributed by atoms with van der Waals surface area (Å²) in [5.41, 5.74) is -0.117. The van der Waals surface area contributed by atoms with E-state index in [2.05, 4.69) is 10.3 Å². The molecule has 0 atom stereocenters. The van der Waals surface area contributed by atoms with Crippen LogP contribution in [-0.2, 0) is 4.79 Å². The number of hydrogen-bond acceptors (Lipinski definition) is 3. The summed E-state index contributed by atoms with van der Waals surface area (Å²) < 4.78 is 40.4. The van der Waals surface area contributed by atoms with Gasteiger partial charge < -0.3 is 10.2 Å². The Hall–Kier alpha value is -2.61. The zero-order chi connectivity index (χ0) is 22.3. The van der Waals surface area contributed by atoms with E-state index >= 15 is 0 Å². The number of benzene rings is 1. The van der Waals surface area contributed by atoms with Crippen LogP contribution in [0.2, 0.25) is 5.02 Å². The van der Waals surface area contributed by atoms with Crippen LogP contribution < -0.4 is 10.2 Å². The Bertz CT molecular complexity index is 1050. The molecule has 0 bridgehead atoms. The van der Waals surface area contributed by atoms with E-state index in [4.69, 9.17) is 11.6 Å². The van der Waals surface area contributed by atoms with Gasteiger partial charge in [0.2, 0.25) is 5.91 Å². The molecule has 1 saturated carbocycles. The first kappa shape index (κ1) is 21.6. The van der Waals surface area contributed by atoms with Gasteiger partial charge in [-0.3, -0.25) is 9.59 Å². The van der Waals surface area contributed by atoms with Gasteiger partial charge in [0.15, 0.2) is 11.6 Å².